The predicted octanol–water partition coefficient (Wildman–Crippen LogP) is -1.86. The lowest BCUT2D eigenvalue weighted by Crippen LogP contribution is -2.56. The smallest absolute Gasteiger partial charge is 0.277 e. The highest BCUT2D eigenvalue weighted by Crippen LogP contribution is 2.35. The van der Waals surface area contributed by atoms with E-state index >= 15 is 0 Å². The Hall–Kier alpha value is -2.70. The molecule has 8 N–H and O–H groups in total. The molecule has 5 atom stereocenters. The number of hydrogen-bond donors (Lipinski definition) is 7. The van der Waals surface area contributed by atoms with Crippen molar-refractivity contribution in [1.82, 2.24) is 15.3 Å². The standard InChI is InChI=1S/C18H24N6O5/c19-17-22-14-11(15(28)23-17)21-18(20-7-6-9-4-2-1-3-5-9)24(14)16-13(27)12(26)10(8-25)29-16/h1-5,10,12-13,16,18,20-21,25-27H,6-8H2,(H3,19,22,23,28)/t10-,12+,13-,16-,18-/m1/s1. The van der Waals surface area contributed by atoms with Crippen molar-refractivity contribution < 1.29 is 20.1 Å². The van der Waals surface area contributed by atoms with Gasteiger partial charge in [-0.2, -0.15) is 4.98 Å². The molecule has 11 nitrogen and oxygen atoms in total. The molecule has 0 saturated carbocycles. The second-order valence-corrected chi connectivity index (χ2v) is 7.02. The van der Waals surface area contributed by atoms with Crippen molar-refractivity contribution in [3.63, 3.8) is 0 Å². The van der Waals surface area contributed by atoms with Crippen LogP contribution >= 0.6 is 0 Å². The lowest BCUT2D eigenvalue weighted by Gasteiger charge is -2.33. The zero-order valence-electron chi connectivity index (χ0n) is 15.5. The number of benzene rings is 1. The highest BCUT2D eigenvalue weighted by atomic mass is 16.6. The Labute approximate surface area is 166 Å². The molecule has 2 aromatic rings. The number of H-pyrrole nitrogens is 1. The molecule has 2 aliphatic rings. The van der Waals surface area contributed by atoms with Crippen LogP contribution in [-0.4, -0.2) is 69.3 Å². The highest BCUT2D eigenvalue weighted by molar-refractivity contribution is 5.72. The van der Waals surface area contributed by atoms with E-state index in [2.05, 4.69) is 20.6 Å². The van der Waals surface area contributed by atoms with Crippen molar-refractivity contribution in [2.75, 3.05) is 29.1 Å². The first-order valence-electron chi connectivity index (χ1n) is 9.34. The van der Waals surface area contributed by atoms with E-state index in [1.54, 1.807) is 0 Å². The third-order valence-electron chi connectivity index (χ3n) is 5.11. The van der Waals surface area contributed by atoms with Crippen molar-refractivity contribution in [1.29, 1.82) is 0 Å². The average molecular weight is 404 g/mol. The van der Waals surface area contributed by atoms with E-state index in [9.17, 15) is 20.1 Å². The highest BCUT2D eigenvalue weighted by Gasteiger charge is 2.50. The molecule has 4 rings (SSSR count). The number of aromatic nitrogens is 2. The van der Waals surface area contributed by atoms with Crippen LogP contribution < -0.4 is 26.8 Å². The van der Waals surface area contributed by atoms with Gasteiger partial charge in [0.15, 0.2) is 18.3 Å². The van der Waals surface area contributed by atoms with Crippen molar-refractivity contribution in [3.8, 4) is 0 Å². The second-order valence-electron chi connectivity index (χ2n) is 7.02. The number of anilines is 3. The number of rotatable bonds is 6. The molecule has 1 saturated heterocycles. The minimum Gasteiger partial charge on any atom is -0.394 e. The Morgan fingerprint density at radius 3 is 2.69 bits per heavy atom. The fraction of sp³-hybridized carbons (Fsp3) is 0.444. The number of nitrogens with two attached hydrogens (primary N) is 1. The van der Waals surface area contributed by atoms with E-state index in [1.165, 1.54) is 4.90 Å². The molecule has 0 radical (unpaired) electrons. The molecular weight excluding hydrogens is 380 g/mol. The summed E-state index contributed by atoms with van der Waals surface area (Å²) >= 11 is 0. The van der Waals surface area contributed by atoms with Gasteiger partial charge in [0.25, 0.3) is 5.56 Å². The summed E-state index contributed by atoms with van der Waals surface area (Å²) in [4.78, 5) is 20.4. The van der Waals surface area contributed by atoms with E-state index in [4.69, 9.17) is 10.5 Å². The SMILES string of the molecule is Nc1nc2c(c(=O)[nH]1)N[C@@H](NCCc1ccccc1)N2[C@@H]1O[C@H](CO)[C@H](O)[C@H]1O. The van der Waals surface area contributed by atoms with E-state index in [-0.39, 0.29) is 17.5 Å². The van der Waals surface area contributed by atoms with Gasteiger partial charge in [-0.15, -0.1) is 0 Å². The number of ether oxygens (including phenoxy) is 1. The van der Waals surface area contributed by atoms with E-state index in [0.29, 0.717) is 6.54 Å². The fourth-order valence-electron chi connectivity index (χ4n) is 3.65. The van der Waals surface area contributed by atoms with Crippen LogP contribution in [0, 0.1) is 0 Å². The number of aliphatic hydroxyl groups excluding tert-OH is 3. The van der Waals surface area contributed by atoms with Gasteiger partial charge in [0, 0.05) is 6.54 Å². The molecule has 1 aromatic heterocycles. The summed E-state index contributed by atoms with van der Waals surface area (Å²) in [6, 6.07) is 9.87. The largest absolute Gasteiger partial charge is 0.394 e. The van der Waals surface area contributed by atoms with Gasteiger partial charge in [0.1, 0.15) is 24.0 Å². The normalized spacial score (nSPS) is 28.4. The Morgan fingerprint density at radius 2 is 2.00 bits per heavy atom. The van der Waals surface area contributed by atoms with Crippen LogP contribution in [0.3, 0.4) is 0 Å². The lowest BCUT2D eigenvalue weighted by molar-refractivity contribution is -0.0245. The van der Waals surface area contributed by atoms with Crippen LogP contribution in [0.2, 0.25) is 0 Å². The summed E-state index contributed by atoms with van der Waals surface area (Å²) in [6.07, 6.45) is -4.51. The van der Waals surface area contributed by atoms with Crippen LogP contribution in [0.4, 0.5) is 17.5 Å². The average Bonchev–Trinajstić information content (AvgIpc) is 3.20. The van der Waals surface area contributed by atoms with Crippen LogP contribution in [0.15, 0.2) is 35.1 Å². The molecule has 11 heteroatoms. The van der Waals surface area contributed by atoms with Crippen LogP contribution in [0.5, 0.6) is 0 Å². The third kappa shape index (κ3) is 3.66. The number of nitrogens with zero attached hydrogens (tertiary/aromatic N) is 2. The number of aromatic amines is 1. The summed E-state index contributed by atoms with van der Waals surface area (Å²) in [6.45, 7) is 0.0915. The number of fused-ring (bicyclic) bond motifs is 1. The molecule has 0 aliphatic carbocycles. The zero-order valence-corrected chi connectivity index (χ0v) is 15.5. The summed E-state index contributed by atoms with van der Waals surface area (Å²) < 4.78 is 5.65. The molecule has 2 aliphatic heterocycles. The maximum atomic E-state index is 12.3. The van der Waals surface area contributed by atoms with Gasteiger partial charge in [0.2, 0.25) is 5.95 Å². The topological polar surface area (TPSA) is 169 Å². The van der Waals surface area contributed by atoms with Crippen LogP contribution in [0.25, 0.3) is 0 Å². The molecular formula is C18H24N6O5. The minimum absolute atomic E-state index is 0.0859. The molecule has 0 unspecified atom stereocenters. The number of aliphatic hydroxyl groups is 3. The summed E-state index contributed by atoms with van der Waals surface area (Å²) in [5, 5.41) is 36.3. The fourth-order valence-corrected chi connectivity index (χ4v) is 3.65. The quantitative estimate of drug-likeness (QED) is 0.290. The summed E-state index contributed by atoms with van der Waals surface area (Å²) in [7, 11) is 0. The monoisotopic (exact) mass is 404 g/mol. The molecule has 0 spiro atoms. The predicted molar refractivity (Wildman–Crippen MR) is 105 cm³/mol. The van der Waals surface area contributed by atoms with Crippen LogP contribution in [-0.2, 0) is 11.2 Å². The summed E-state index contributed by atoms with van der Waals surface area (Å²) in [5.41, 5.74) is 6.54. The van der Waals surface area contributed by atoms with Crippen molar-refractivity contribution in [2.45, 2.75) is 37.3 Å². The van der Waals surface area contributed by atoms with Gasteiger partial charge in [0.05, 0.1) is 6.61 Å². The maximum Gasteiger partial charge on any atom is 0.277 e. The number of nitrogen functional groups attached to an aromatic ring is 1. The van der Waals surface area contributed by atoms with Gasteiger partial charge in [-0.25, -0.2) is 0 Å². The number of hydrogen-bond acceptors (Lipinski definition) is 10. The third-order valence-corrected chi connectivity index (χ3v) is 5.11. The lowest BCUT2D eigenvalue weighted by atomic mass is 10.1. The zero-order chi connectivity index (χ0) is 20.5. The van der Waals surface area contributed by atoms with Gasteiger partial charge < -0.3 is 31.1 Å². The van der Waals surface area contributed by atoms with Gasteiger partial charge in [-0.3, -0.25) is 20.0 Å². The molecule has 0 bridgehead atoms. The van der Waals surface area contributed by atoms with E-state index < -0.39 is 43.0 Å². The number of nitrogens with one attached hydrogen (secondary N) is 3. The van der Waals surface area contributed by atoms with Gasteiger partial charge in [-0.1, -0.05) is 30.3 Å². The van der Waals surface area contributed by atoms with Crippen LogP contribution in [0.1, 0.15) is 5.56 Å². The Bertz CT molecular complexity index is 909. The molecule has 0 amide bonds. The van der Waals surface area contributed by atoms with Crippen molar-refractivity contribution >= 4 is 17.5 Å². The Balaban J connectivity index is 1.58. The van der Waals surface area contributed by atoms with Crippen molar-refractivity contribution in [3.05, 3.63) is 46.2 Å². The second kappa shape index (κ2) is 7.97. The first-order valence-corrected chi connectivity index (χ1v) is 9.34. The molecule has 1 fully saturated rings. The molecule has 1 aromatic carbocycles. The first-order chi connectivity index (χ1) is 14.0. The first kappa shape index (κ1) is 19.6. The summed E-state index contributed by atoms with van der Waals surface area (Å²) in [5.74, 6) is 0.107. The molecule has 29 heavy (non-hydrogen) atoms. The van der Waals surface area contributed by atoms with Crippen molar-refractivity contribution in [2.24, 2.45) is 0 Å². The van der Waals surface area contributed by atoms with E-state index in [0.717, 1.165) is 12.0 Å². The maximum absolute atomic E-state index is 12.3. The Kier molecular flexibility index (Phi) is 5.39. The molecule has 156 valence electrons. The minimum atomic E-state index is -1.32. The Morgan fingerprint density at radius 1 is 1.24 bits per heavy atom. The molecule has 3 heterocycles. The van der Waals surface area contributed by atoms with E-state index in [1.807, 2.05) is 30.3 Å². The van der Waals surface area contributed by atoms with Gasteiger partial charge in [-0.05, 0) is 12.0 Å². The van der Waals surface area contributed by atoms with Gasteiger partial charge >= 0.3 is 0 Å².